The van der Waals surface area contributed by atoms with E-state index in [1.807, 2.05) is 0 Å². The summed E-state index contributed by atoms with van der Waals surface area (Å²) in [5.74, 6) is -16.3. The zero-order chi connectivity index (χ0) is 32.8. The SMILES string of the molecule is COP(=O)(OC)OC(F)C(F)(F)OC(F)(F)C(F)(F)OC(F)(F)C(F)(F)OC(F)(F)C(F)(F)C(F)(F)C(F)(F)F. The minimum absolute atomic E-state index is 0.264. The Morgan fingerprint density at radius 1 is 0.500 bits per heavy atom. The fourth-order valence-corrected chi connectivity index (χ4v) is 2.21. The van der Waals surface area contributed by atoms with Gasteiger partial charge in [0.2, 0.25) is 0 Å². The van der Waals surface area contributed by atoms with E-state index in [0.717, 1.165) is 4.74 Å². The van der Waals surface area contributed by atoms with E-state index in [2.05, 4.69) is 13.6 Å². The van der Waals surface area contributed by atoms with Crippen LogP contribution in [0.2, 0.25) is 0 Å². The summed E-state index contributed by atoms with van der Waals surface area (Å²) in [6.45, 7) is 0. The molecule has 0 radical (unpaired) electrons. The number of hydrogen-bond acceptors (Lipinski definition) is 7. The monoisotopic (exact) mass is 674 g/mol. The zero-order valence-corrected chi connectivity index (χ0v) is 18.8. The van der Waals surface area contributed by atoms with Crippen LogP contribution in [0.4, 0.5) is 87.8 Å². The predicted octanol–water partition coefficient (Wildman–Crippen LogP) is 7.14. The molecule has 0 saturated heterocycles. The highest BCUT2D eigenvalue weighted by Crippen LogP contribution is 2.57. The van der Waals surface area contributed by atoms with Crippen molar-refractivity contribution in [1.29, 1.82) is 0 Å². The number of phosphoric ester groups is 1. The zero-order valence-electron chi connectivity index (χ0n) is 17.9. The molecule has 0 amide bonds. The molecule has 28 heteroatoms. The second-order valence-corrected chi connectivity index (χ2v) is 8.17. The fourth-order valence-electron chi connectivity index (χ4n) is 1.54. The van der Waals surface area contributed by atoms with Gasteiger partial charge in [-0.2, -0.15) is 83.4 Å². The van der Waals surface area contributed by atoms with Crippen molar-refractivity contribution in [2.75, 3.05) is 14.2 Å². The second kappa shape index (κ2) is 11.0. The molecular weight excluding hydrogens is 667 g/mol. The molecule has 242 valence electrons. The van der Waals surface area contributed by atoms with E-state index in [1.54, 1.807) is 4.74 Å². The van der Waals surface area contributed by atoms with Crippen molar-refractivity contribution in [2.45, 2.75) is 61.0 Å². The third-order valence-electron chi connectivity index (χ3n) is 3.50. The highest BCUT2D eigenvalue weighted by atomic mass is 31.2. The van der Waals surface area contributed by atoms with E-state index in [1.165, 1.54) is 4.74 Å². The number of rotatable bonds is 15. The lowest BCUT2D eigenvalue weighted by atomic mass is 10.1. The summed E-state index contributed by atoms with van der Waals surface area (Å²) in [4.78, 5) is 0. The van der Waals surface area contributed by atoms with Gasteiger partial charge in [0.05, 0.1) is 0 Å². The summed E-state index contributed by atoms with van der Waals surface area (Å²) in [5.41, 5.74) is 0. The van der Waals surface area contributed by atoms with E-state index < -0.39 is 68.9 Å². The third kappa shape index (κ3) is 7.50. The van der Waals surface area contributed by atoms with E-state index in [4.69, 9.17) is 0 Å². The van der Waals surface area contributed by atoms with Gasteiger partial charge in [0.25, 0.3) is 6.36 Å². The van der Waals surface area contributed by atoms with Crippen molar-refractivity contribution >= 4 is 7.82 Å². The second-order valence-electron chi connectivity index (χ2n) is 6.33. The summed E-state index contributed by atoms with van der Waals surface area (Å²) in [7, 11) is -4.91. The Kier molecular flexibility index (Phi) is 10.6. The molecule has 0 aromatic carbocycles. The van der Waals surface area contributed by atoms with Crippen LogP contribution in [0.3, 0.4) is 0 Å². The highest BCUT2D eigenvalue weighted by molar-refractivity contribution is 7.48. The van der Waals surface area contributed by atoms with Crippen molar-refractivity contribution in [3.63, 3.8) is 0 Å². The molecule has 0 rings (SSSR count). The minimum atomic E-state index is -8.25. The van der Waals surface area contributed by atoms with Crippen LogP contribution >= 0.6 is 7.82 Å². The summed E-state index contributed by atoms with van der Waals surface area (Å²) >= 11 is 0. The smallest absolute Gasteiger partial charge is 0.290 e. The minimum Gasteiger partial charge on any atom is -0.290 e. The molecule has 1 atom stereocenters. The largest absolute Gasteiger partial charge is 0.477 e. The van der Waals surface area contributed by atoms with Gasteiger partial charge < -0.3 is 0 Å². The first-order chi connectivity index (χ1) is 17.1. The maximum absolute atomic E-state index is 13.3. The van der Waals surface area contributed by atoms with E-state index in [9.17, 15) is 92.4 Å². The number of alkyl halides is 20. The molecule has 0 heterocycles. The van der Waals surface area contributed by atoms with Gasteiger partial charge in [-0.3, -0.25) is 9.05 Å². The van der Waals surface area contributed by atoms with Gasteiger partial charge in [-0.1, -0.05) is 0 Å². The summed E-state index contributed by atoms with van der Waals surface area (Å²) < 4.78 is 285. The van der Waals surface area contributed by atoms with Gasteiger partial charge in [-0.15, -0.1) is 0 Å². The molecule has 0 N–H and O–H groups in total. The van der Waals surface area contributed by atoms with Crippen LogP contribution < -0.4 is 0 Å². The van der Waals surface area contributed by atoms with Crippen molar-refractivity contribution < 1.29 is 120 Å². The van der Waals surface area contributed by atoms with E-state index in [0.29, 0.717) is 0 Å². The van der Waals surface area contributed by atoms with Crippen LogP contribution in [-0.2, 0) is 32.3 Å². The van der Waals surface area contributed by atoms with Gasteiger partial charge in [-0.05, 0) is 0 Å². The van der Waals surface area contributed by atoms with E-state index >= 15 is 0 Å². The summed E-state index contributed by atoms with van der Waals surface area (Å²) in [6.07, 6.45) is -58.6. The Balaban J connectivity index is 6.13. The third-order valence-corrected chi connectivity index (χ3v) is 4.84. The number of ether oxygens (including phenoxy) is 3. The van der Waals surface area contributed by atoms with Gasteiger partial charge in [0.1, 0.15) is 0 Å². The Morgan fingerprint density at radius 2 is 0.800 bits per heavy atom. The number of hydrogen-bond donors (Lipinski definition) is 0. The predicted molar refractivity (Wildman–Crippen MR) is 76.5 cm³/mol. The van der Waals surface area contributed by atoms with Gasteiger partial charge in [0, 0.05) is 14.2 Å². The Morgan fingerprint density at radius 3 is 1.10 bits per heavy atom. The van der Waals surface area contributed by atoms with E-state index in [-0.39, 0.29) is 14.2 Å². The van der Waals surface area contributed by atoms with Crippen LogP contribution in [0.5, 0.6) is 0 Å². The normalized spacial score (nSPS) is 16.9. The molecule has 1 unspecified atom stereocenters. The average Bonchev–Trinajstić information content (AvgIpc) is 2.69. The Labute approximate surface area is 204 Å². The van der Waals surface area contributed by atoms with Gasteiger partial charge in [-0.25, -0.2) is 27.7 Å². The molecule has 7 nitrogen and oxygen atoms in total. The van der Waals surface area contributed by atoms with Gasteiger partial charge in [0.15, 0.2) is 0 Å². The molecule has 0 fully saturated rings. The Hall–Kier alpha value is -1.41. The first kappa shape index (κ1) is 38.6. The number of phosphoric acid groups is 1. The molecular formula is C12H7F20O7P. The molecule has 0 aromatic heterocycles. The Bertz CT molecular complexity index is 912. The van der Waals surface area contributed by atoms with Crippen LogP contribution in [0, 0.1) is 0 Å². The summed E-state index contributed by atoms with van der Waals surface area (Å²) in [6, 6.07) is 0. The summed E-state index contributed by atoms with van der Waals surface area (Å²) in [5, 5.41) is 0. The quantitative estimate of drug-likeness (QED) is 0.135. The maximum Gasteiger partial charge on any atom is 0.477 e. The van der Waals surface area contributed by atoms with Crippen LogP contribution in [0.25, 0.3) is 0 Å². The van der Waals surface area contributed by atoms with Crippen LogP contribution in [0.15, 0.2) is 0 Å². The molecule has 0 aliphatic rings. The topological polar surface area (TPSA) is 72.5 Å². The van der Waals surface area contributed by atoms with Crippen molar-refractivity contribution in [3.05, 3.63) is 0 Å². The maximum atomic E-state index is 13.3. The molecule has 0 aliphatic heterocycles. The lowest BCUT2D eigenvalue weighted by Crippen LogP contribution is -2.65. The van der Waals surface area contributed by atoms with Crippen molar-refractivity contribution in [1.82, 2.24) is 0 Å². The molecule has 0 saturated carbocycles. The lowest BCUT2D eigenvalue weighted by molar-refractivity contribution is -0.571. The lowest BCUT2D eigenvalue weighted by Gasteiger charge is -2.37. The van der Waals surface area contributed by atoms with Crippen molar-refractivity contribution in [2.24, 2.45) is 0 Å². The first-order valence-electron chi connectivity index (χ1n) is 8.35. The highest BCUT2D eigenvalue weighted by Gasteiger charge is 2.85. The molecule has 40 heavy (non-hydrogen) atoms. The van der Waals surface area contributed by atoms with Crippen molar-refractivity contribution in [3.8, 4) is 0 Å². The standard InChI is InChI=1S/C12H7F20O7P/c1-34-40(33,35-2)36-3(13)4(14,15)37-9(25,26)10(27,28)39-12(31,32)11(29,30)38-8(23,24)6(18,19)5(16,17)7(20,21)22/h3H,1-2H3. The van der Waals surface area contributed by atoms with Crippen LogP contribution in [-0.4, -0.2) is 75.3 Å². The average molecular weight is 674 g/mol. The fraction of sp³-hybridized carbons (Fsp3) is 1.00. The molecule has 0 bridgehead atoms. The number of halogens is 20. The van der Waals surface area contributed by atoms with Crippen LogP contribution in [0.1, 0.15) is 0 Å². The first-order valence-corrected chi connectivity index (χ1v) is 9.82. The molecule has 0 aromatic rings. The molecule has 0 spiro atoms. The molecule has 0 aliphatic carbocycles. The van der Waals surface area contributed by atoms with Gasteiger partial charge >= 0.3 is 62.5 Å².